The number of hydrogen-bond acceptors (Lipinski definition) is 5. The second-order valence-electron chi connectivity index (χ2n) is 11.3. The first-order valence-corrected chi connectivity index (χ1v) is 22.0. The van der Waals surface area contributed by atoms with Crippen molar-refractivity contribution < 1.29 is 31.5 Å². The van der Waals surface area contributed by atoms with Crippen LogP contribution in [-0.4, -0.2) is 72.7 Å². The molecule has 0 radical (unpaired) electrons. The van der Waals surface area contributed by atoms with E-state index >= 15 is 0 Å². The zero-order valence-electron chi connectivity index (χ0n) is 24.6. The van der Waals surface area contributed by atoms with Gasteiger partial charge in [0, 0.05) is 41.1 Å². The first-order chi connectivity index (χ1) is 17.4. The Bertz CT molecular complexity index is 736. The van der Waals surface area contributed by atoms with Gasteiger partial charge in [-0.1, -0.05) is 105 Å². The number of methoxy groups -OCH3 is 1. The number of unbranched alkanes of at least 4 members (excludes halogenated alkanes) is 5. The van der Waals surface area contributed by atoms with Gasteiger partial charge < -0.3 is 22.8 Å². The fourth-order valence-corrected chi connectivity index (χ4v) is 11.4. The lowest BCUT2D eigenvalue weighted by Crippen LogP contribution is -2.45. The van der Waals surface area contributed by atoms with Gasteiger partial charge in [0.2, 0.25) is 0 Å². The highest BCUT2D eigenvalue weighted by Gasteiger charge is 2.36. The Balaban J connectivity index is 2.37. The number of rotatable bonds is 21. The van der Waals surface area contributed by atoms with E-state index in [9.17, 15) is 8.78 Å². The third-order valence-corrected chi connectivity index (χ3v) is 17.4. The highest BCUT2D eigenvalue weighted by atomic mass is 28.4. The molecule has 0 N–H and O–H groups in total. The van der Waals surface area contributed by atoms with Crippen molar-refractivity contribution in [3.63, 3.8) is 0 Å². The fraction of sp³-hybridized carbons (Fsp3) is 0.778. The summed E-state index contributed by atoms with van der Waals surface area (Å²) in [4.78, 5) is 0. The molecule has 0 aliphatic heterocycles. The minimum Gasteiger partial charge on any atom is -0.377 e. The Kier molecular flexibility index (Phi) is 15.5. The van der Waals surface area contributed by atoms with Crippen molar-refractivity contribution in [3.8, 4) is 0 Å². The molecule has 10 heteroatoms. The molecule has 0 spiro atoms. The maximum Gasteiger partial charge on any atom is 0.500 e. The summed E-state index contributed by atoms with van der Waals surface area (Å²) in [6.07, 6.45) is 4.96. The molecular formula is C27H52F2O5Si3. The van der Waals surface area contributed by atoms with Crippen molar-refractivity contribution >= 4 is 35.3 Å². The summed E-state index contributed by atoms with van der Waals surface area (Å²) in [5, 5.41) is 2.94. The lowest BCUT2D eigenvalue weighted by molar-refractivity contribution is -0.249. The van der Waals surface area contributed by atoms with Gasteiger partial charge in [-0.25, -0.2) is 0 Å². The molecule has 0 heterocycles. The van der Waals surface area contributed by atoms with Gasteiger partial charge in [-0.15, -0.1) is 0 Å². The van der Waals surface area contributed by atoms with Crippen LogP contribution in [0, 0.1) is 0 Å². The standard InChI is InChI=1S/C27H52F2O5Si3/c1-30-27(28,29)24-34-20-15-22-36(7,8)26-18-16-25(17-19-26)35(5,6)21-13-11-9-10-12-14-23-37(31-2,32-3)33-4/h16-19H,9-15,20-24H2,1-8H3. The molecule has 0 fully saturated rings. The first-order valence-electron chi connectivity index (χ1n) is 13.6. The Morgan fingerprint density at radius 1 is 0.622 bits per heavy atom. The van der Waals surface area contributed by atoms with Crippen LogP contribution < -0.4 is 10.4 Å². The number of benzene rings is 1. The lowest BCUT2D eigenvalue weighted by Gasteiger charge is -2.27. The van der Waals surface area contributed by atoms with E-state index in [-0.39, 0.29) is 0 Å². The molecule has 1 aromatic rings. The molecule has 0 bridgehead atoms. The number of hydrogen-bond donors (Lipinski definition) is 0. The van der Waals surface area contributed by atoms with Crippen molar-refractivity contribution in [2.24, 2.45) is 0 Å². The van der Waals surface area contributed by atoms with E-state index in [1.165, 1.54) is 48.5 Å². The van der Waals surface area contributed by atoms with Gasteiger partial charge in [-0.2, -0.15) is 8.78 Å². The molecule has 0 aromatic heterocycles. The summed E-state index contributed by atoms with van der Waals surface area (Å²) in [6.45, 7) is 9.29. The molecule has 0 saturated heterocycles. The molecule has 1 aromatic carbocycles. The number of halogens is 2. The Morgan fingerprint density at radius 3 is 1.46 bits per heavy atom. The predicted octanol–water partition coefficient (Wildman–Crippen LogP) is 6.38. The van der Waals surface area contributed by atoms with Crippen molar-refractivity contribution in [1.29, 1.82) is 0 Å². The Morgan fingerprint density at radius 2 is 1.03 bits per heavy atom. The van der Waals surface area contributed by atoms with Crippen molar-refractivity contribution in [2.45, 2.75) is 95.4 Å². The molecule has 5 nitrogen and oxygen atoms in total. The third-order valence-electron chi connectivity index (χ3n) is 7.57. The van der Waals surface area contributed by atoms with Crippen LogP contribution in [0.5, 0.6) is 0 Å². The van der Waals surface area contributed by atoms with E-state index < -0.39 is 37.7 Å². The predicted molar refractivity (Wildman–Crippen MR) is 157 cm³/mol. The maximum atomic E-state index is 13.1. The van der Waals surface area contributed by atoms with Gasteiger partial charge in [-0.3, -0.25) is 0 Å². The first kappa shape index (κ1) is 34.6. The molecule has 0 aliphatic rings. The smallest absolute Gasteiger partial charge is 0.377 e. The van der Waals surface area contributed by atoms with Crippen LogP contribution in [0.3, 0.4) is 0 Å². The van der Waals surface area contributed by atoms with Crippen molar-refractivity contribution in [2.75, 3.05) is 41.7 Å². The summed E-state index contributed by atoms with van der Waals surface area (Å²) < 4.78 is 51.9. The zero-order chi connectivity index (χ0) is 28.0. The minimum absolute atomic E-state index is 0.337. The van der Waals surface area contributed by atoms with Crippen LogP contribution >= 0.6 is 0 Å². The van der Waals surface area contributed by atoms with E-state index in [4.69, 9.17) is 18.0 Å². The number of alkyl halides is 2. The van der Waals surface area contributed by atoms with Crippen LogP contribution in [0.25, 0.3) is 0 Å². The van der Waals surface area contributed by atoms with E-state index in [0.29, 0.717) is 6.61 Å². The molecule has 0 aliphatic carbocycles. The van der Waals surface area contributed by atoms with Crippen LogP contribution in [0.2, 0.25) is 44.3 Å². The van der Waals surface area contributed by atoms with Gasteiger partial charge in [0.25, 0.3) is 0 Å². The molecule has 0 amide bonds. The third kappa shape index (κ3) is 12.5. The zero-order valence-corrected chi connectivity index (χ0v) is 27.6. The highest BCUT2D eigenvalue weighted by Crippen LogP contribution is 2.21. The molecular weight excluding hydrogens is 527 g/mol. The van der Waals surface area contributed by atoms with Gasteiger partial charge in [0.15, 0.2) is 0 Å². The van der Waals surface area contributed by atoms with Crippen molar-refractivity contribution in [3.05, 3.63) is 24.3 Å². The topological polar surface area (TPSA) is 46.2 Å². The van der Waals surface area contributed by atoms with E-state index in [1.807, 2.05) is 0 Å². The van der Waals surface area contributed by atoms with Gasteiger partial charge in [0.1, 0.15) is 6.61 Å². The molecule has 0 unspecified atom stereocenters. The molecule has 0 saturated carbocycles. The van der Waals surface area contributed by atoms with E-state index in [0.717, 1.165) is 32.0 Å². The summed E-state index contributed by atoms with van der Waals surface area (Å²) >= 11 is 0. The van der Waals surface area contributed by atoms with Crippen LogP contribution in [0.1, 0.15) is 44.9 Å². The fourth-order valence-electron chi connectivity index (χ4n) is 4.70. The summed E-state index contributed by atoms with van der Waals surface area (Å²) in [5.41, 5.74) is 0. The summed E-state index contributed by atoms with van der Waals surface area (Å²) in [7, 11) is 0.511. The maximum absolute atomic E-state index is 13.1. The summed E-state index contributed by atoms with van der Waals surface area (Å²) in [6, 6.07) is 12.5. The molecule has 0 atom stereocenters. The average molecular weight is 579 g/mol. The van der Waals surface area contributed by atoms with E-state index in [2.05, 4.69) is 55.2 Å². The van der Waals surface area contributed by atoms with Crippen LogP contribution in [-0.2, 0) is 22.8 Å². The second kappa shape index (κ2) is 16.6. The largest absolute Gasteiger partial charge is 0.500 e. The SMILES string of the molecule is COC(F)(F)COCCC[Si](C)(C)c1ccc([Si](C)(C)CCCCCCCC[Si](OC)(OC)OC)cc1. The van der Waals surface area contributed by atoms with Crippen LogP contribution in [0.4, 0.5) is 8.78 Å². The monoisotopic (exact) mass is 578 g/mol. The van der Waals surface area contributed by atoms with Crippen LogP contribution in [0.15, 0.2) is 24.3 Å². The Hall–Kier alpha value is -0.469. The minimum atomic E-state index is -3.20. The normalized spacial score (nSPS) is 13.4. The molecule has 37 heavy (non-hydrogen) atoms. The van der Waals surface area contributed by atoms with E-state index in [1.54, 1.807) is 21.3 Å². The quantitative estimate of drug-likeness (QED) is 0.125. The van der Waals surface area contributed by atoms with Gasteiger partial charge in [0.05, 0.1) is 16.1 Å². The highest BCUT2D eigenvalue weighted by molar-refractivity contribution is 6.91. The van der Waals surface area contributed by atoms with Crippen molar-refractivity contribution in [1.82, 2.24) is 0 Å². The summed E-state index contributed by atoms with van der Waals surface area (Å²) in [5.74, 6) is 0. The average Bonchev–Trinajstić information content (AvgIpc) is 2.88. The van der Waals surface area contributed by atoms with Gasteiger partial charge >= 0.3 is 14.9 Å². The number of ether oxygens (including phenoxy) is 2. The Labute approximate surface area is 228 Å². The molecule has 1 rings (SSSR count). The lowest BCUT2D eigenvalue weighted by atomic mass is 10.1. The van der Waals surface area contributed by atoms with Gasteiger partial charge in [-0.05, 0) is 12.8 Å². The second-order valence-corrected chi connectivity index (χ2v) is 24.0. The molecule has 216 valence electrons.